The van der Waals surface area contributed by atoms with Crippen molar-refractivity contribution in [3.8, 4) is 0 Å². The molecular weight excluding hydrogens is 260 g/mol. The summed E-state index contributed by atoms with van der Waals surface area (Å²) in [4.78, 5) is 14.4. The van der Waals surface area contributed by atoms with E-state index in [0.717, 1.165) is 38.8 Å². The van der Waals surface area contributed by atoms with Gasteiger partial charge in [0, 0.05) is 18.6 Å². The number of likely N-dealkylation sites (tertiary alicyclic amines) is 1. The highest BCUT2D eigenvalue weighted by atomic mass is 16.2. The van der Waals surface area contributed by atoms with E-state index < -0.39 is 0 Å². The first kappa shape index (κ1) is 15.9. The van der Waals surface area contributed by atoms with Crippen molar-refractivity contribution >= 4 is 6.03 Å². The van der Waals surface area contributed by atoms with Crippen LogP contribution < -0.4 is 5.32 Å². The van der Waals surface area contributed by atoms with Gasteiger partial charge in [-0.1, -0.05) is 43.2 Å². The molecule has 1 aromatic carbocycles. The largest absolute Gasteiger partial charge is 0.333 e. The van der Waals surface area contributed by atoms with Crippen LogP contribution >= 0.6 is 0 Å². The van der Waals surface area contributed by atoms with E-state index in [0.29, 0.717) is 0 Å². The molecule has 0 spiro atoms. The van der Waals surface area contributed by atoms with Crippen molar-refractivity contribution in [2.24, 2.45) is 0 Å². The highest BCUT2D eigenvalue weighted by Crippen LogP contribution is 2.15. The van der Waals surface area contributed by atoms with Crippen molar-refractivity contribution in [2.75, 3.05) is 13.1 Å². The van der Waals surface area contributed by atoms with E-state index in [-0.39, 0.29) is 11.6 Å². The second kappa shape index (κ2) is 7.48. The first-order valence-corrected chi connectivity index (χ1v) is 8.18. The number of urea groups is 1. The second-order valence-electron chi connectivity index (χ2n) is 6.70. The maximum Gasteiger partial charge on any atom is 0.317 e. The Labute approximate surface area is 128 Å². The van der Waals surface area contributed by atoms with Crippen molar-refractivity contribution in [1.29, 1.82) is 0 Å². The monoisotopic (exact) mass is 288 g/mol. The molecule has 0 unspecified atom stereocenters. The Morgan fingerprint density at radius 2 is 1.71 bits per heavy atom. The molecule has 3 heteroatoms. The molecule has 2 amide bonds. The molecular formula is C18H28N2O. The molecule has 0 aromatic heterocycles. The molecule has 2 rings (SSSR count). The van der Waals surface area contributed by atoms with E-state index in [9.17, 15) is 4.79 Å². The Kier molecular flexibility index (Phi) is 5.66. The number of rotatable bonds is 4. The van der Waals surface area contributed by atoms with Crippen LogP contribution in [0.2, 0.25) is 0 Å². The summed E-state index contributed by atoms with van der Waals surface area (Å²) in [5, 5.41) is 3.21. The van der Waals surface area contributed by atoms with Gasteiger partial charge in [0.2, 0.25) is 0 Å². The van der Waals surface area contributed by atoms with Crippen LogP contribution in [0.3, 0.4) is 0 Å². The van der Waals surface area contributed by atoms with E-state index in [1.54, 1.807) is 0 Å². The van der Waals surface area contributed by atoms with Crippen LogP contribution in [0.25, 0.3) is 0 Å². The lowest BCUT2D eigenvalue weighted by Gasteiger charge is -2.30. The summed E-state index contributed by atoms with van der Waals surface area (Å²) in [7, 11) is 0. The van der Waals surface area contributed by atoms with Crippen LogP contribution in [0.5, 0.6) is 0 Å². The highest BCUT2D eigenvalue weighted by Gasteiger charge is 2.24. The van der Waals surface area contributed by atoms with Crippen LogP contribution in [-0.4, -0.2) is 29.6 Å². The molecule has 21 heavy (non-hydrogen) atoms. The molecule has 0 radical (unpaired) electrons. The van der Waals surface area contributed by atoms with Gasteiger partial charge in [0.15, 0.2) is 0 Å². The quantitative estimate of drug-likeness (QED) is 0.893. The first-order chi connectivity index (χ1) is 10.1. The number of amides is 2. The predicted octanol–water partition coefficient (Wildman–Crippen LogP) is 3.98. The van der Waals surface area contributed by atoms with Crippen LogP contribution in [0.15, 0.2) is 30.3 Å². The number of hydrogen-bond acceptors (Lipinski definition) is 1. The number of benzene rings is 1. The molecule has 116 valence electrons. The molecule has 0 aliphatic carbocycles. The van der Waals surface area contributed by atoms with E-state index >= 15 is 0 Å². The standard InChI is InChI=1S/C18H28N2O/c1-18(2,13-12-16-10-6-5-7-11-16)19-17(21)20-14-8-3-4-9-15-20/h5-7,10-11H,3-4,8-9,12-15H2,1-2H3,(H,19,21). The molecule has 0 atom stereocenters. The van der Waals surface area contributed by atoms with Gasteiger partial charge in [-0.3, -0.25) is 0 Å². The van der Waals surface area contributed by atoms with Gasteiger partial charge in [-0.2, -0.15) is 0 Å². The van der Waals surface area contributed by atoms with Gasteiger partial charge in [-0.15, -0.1) is 0 Å². The number of carbonyl (C=O) groups is 1. The van der Waals surface area contributed by atoms with Crippen molar-refractivity contribution in [2.45, 2.75) is 57.9 Å². The average molecular weight is 288 g/mol. The molecule has 1 aliphatic rings. The van der Waals surface area contributed by atoms with Crippen molar-refractivity contribution in [3.63, 3.8) is 0 Å². The number of nitrogens with one attached hydrogen (secondary N) is 1. The zero-order valence-corrected chi connectivity index (χ0v) is 13.4. The smallest absolute Gasteiger partial charge is 0.317 e. The molecule has 1 N–H and O–H groups in total. The number of nitrogens with zero attached hydrogens (tertiary/aromatic N) is 1. The lowest BCUT2D eigenvalue weighted by atomic mass is 9.95. The van der Waals surface area contributed by atoms with Crippen LogP contribution in [0, 0.1) is 0 Å². The van der Waals surface area contributed by atoms with Crippen LogP contribution in [0.1, 0.15) is 51.5 Å². The third-order valence-electron chi connectivity index (χ3n) is 4.22. The summed E-state index contributed by atoms with van der Waals surface area (Å²) < 4.78 is 0. The number of carbonyl (C=O) groups excluding carboxylic acids is 1. The molecule has 0 saturated carbocycles. The van der Waals surface area contributed by atoms with Crippen molar-refractivity contribution in [3.05, 3.63) is 35.9 Å². The van der Waals surface area contributed by atoms with E-state index in [1.807, 2.05) is 11.0 Å². The molecule has 1 fully saturated rings. The van der Waals surface area contributed by atoms with Gasteiger partial charge in [-0.05, 0) is 45.1 Å². The number of aryl methyl sites for hydroxylation is 1. The van der Waals surface area contributed by atoms with Gasteiger partial charge in [0.1, 0.15) is 0 Å². The Balaban J connectivity index is 1.83. The fourth-order valence-corrected chi connectivity index (χ4v) is 2.81. The van der Waals surface area contributed by atoms with Crippen molar-refractivity contribution < 1.29 is 4.79 Å². The number of hydrogen-bond donors (Lipinski definition) is 1. The van der Waals surface area contributed by atoms with Crippen LogP contribution in [-0.2, 0) is 6.42 Å². The van der Waals surface area contributed by atoms with E-state index in [1.165, 1.54) is 18.4 Å². The maximum atomic E-state index is 12.4. The summed E-state index contributed by atoms with van der Waals surface area (Å²) in [5.74, 6) is 0. The van der Waals surface area contributed by atoms with Gasteiger partial charge >= 0.3 is 6.03 Å². The van der Waals surface area contributed by atoms with Gasteiger partial charge in [0.25, 0.3) is 0 Å². The zero-order chi connectivity index (χ0) is 15.1. The van der Waals surface area contributed by atoms with E-state index in [2.05, 4.69) is 43.4 Å². The second-order valence-corrected chi connectivity index (χ2v) is 6.70. The lowest BCUT2D eigenvalue weighted by Crippen LogP contribution is -2.50. The Morgan fingerprint density at radius 3 is 2.33 bits per heavy atom. The minimum absolute atomic E-state index is 0.106. The lowest BCUT2D eigenvalue weighted by molar-refractivity contribution is 0.187. The molecule has 0 bridgehead atoms. The summed E-state index contributed by atoms with van der Waals surface area (Å²) in [6.07, 6.45) is 6.73. The predicted molar refractivity (Wildman–Crippen MR) is 87.4 cm³/mol. The topological polar surface area (TPSA) is 32.3 Å². The van der Waals surface area contributed by atoms with Gasteiger partial charge in [0.05, 0.1) is 0 Å². The van der Waals surface area contributed by atoms with Crippen molar-refractivity contribution in [1.82, 2.24) is 10.2 Å². The summed E-state index contributed by atoms with van der Waals surface area (Å²) >= 11 is 0. The summed E-state index contributed by atoms with van der Waals surface area (Å²) in [6.45, 7) is 6.04. The van der Waals surface area contributed by atoms with Crippen LogP contribution in [0.4, 0.5) is 4.79 Å². The SMILES string of the molecule is CC(C)(CCc1ccccc1)NC(=O)N1CCCCCC1. The highest BCUT2D eigenvalue weighted by molar-refractivity contribution is 5.75. The maximum absolute atomic E-state index is 12.4. The normalized spacial score (nSPS) is 16.4. The zero-order valence-electron chi connectivity index (χ0n) is 13.4. The fraction of sp³-hybridized carbons (Fsp3) is 0.611. The molecule has 1 aliphatic heterocycles. The molecule has 1 aromatic rings. The third-order valence-corrected chi connectivity index (χ3v) is 4.22. The summed E-state index contributed by atoms with van der Waals surface area (Å²) in [6, 6.07) is 10.6. The molecule has 1 heterocycles. The summed E-state index contributed by atoms with van der Waals surface area (Å²) in [5.41, 5.74) is 1.16. The van der Waals surface area contributed by atoms with E-state index in [4.69, 9.17) is 0 Å². The Hall–Kier alpha value is -1.51. The Morgan fingerprint density at radius 1 is 1.10 bits per heavy atom. The third kappa shape index (κ3) is 5.41. The minimum atomic E-state index is -0.167. The fourth-order valence-electron chi connectivity index (χ4n) is 2.81. The first-order valence-electron chi connectivity index (χ1n) is 8.18. The molecule has 1 saturated heterocycles. The van der Waals surface area contributed by atoms with Gasteiger partial charge in [-0.25, -0.2) is 4.79 Å². The molecule has 3 nitrogen and oxygen atoms in total. The minimum Gasteiger partial charge on any atom is -0.333 e. The Bertz CT molecular complexity index is 434. The average Bonchev–Trinajstić information content (AvgIpc) is 2.75. The van der Waals surface area contributed by atoms with Gasteiger partial charge < -0.3 is 10.2 Å².